The normalized spacial score (nSPS) is 14.0. The maximum Gasteiger partial charge on any atom is 0.133 e. The standard InChI is InChI=1S/C18H21N5/c1-12-22-17-11-19-8-7-15(17)18(23-12)20-9-6-13-10-21-16-5-3-2-4-14(13)16/h2-5,10,19,21H,6-9,11H2,1H3,(H,20,22,23). The molecule has 1 aromatic carbocycles. The third-order valence-electron chi connectivity index (χ3n) is 4.41. The van der Waals surface area contributed by atoms with E-state index in [1.54, 1.807) is 0 Å². The fraction of sp³-hybridized carbons (Fsp3) is 0.333. The van der Waals surface area contributed by atoms with E-state index < -0.39 is 0 Å². The van der Waals surface area contributed by atoms with E-state index in [4.69, 9.17) is 0 Å². The molecule has 2 aromatic heterocycles. The molecule has 3 aromatic rings. The van der Waals surface area contributed by atoms with Gasteiger partial charge in [-0.15, -0.1) is 0 Å². The van der Waals surface area contributed by atoms with Crippen molar-refractivity contribution < 1.29 is 0 Å². The highest BCUT2D eigenvalue weighted by molar-refractivity contribution is 5.83. The Labute approximate surface area is 135 Å². The van der Waals surface area contributed by atoms with E-state index in [2.05, 4.69) is 56.0 Å². The first-order chi connectivity index (χ1) is 11.3. The zero-order chi connectivity index (χ0) is 15.6. The molecule has 0 fully saturated rings. The topological polar surface area (TPSA) is 65.6 Å². The summed E-state index contributed by atoms with van der Waals surface area (Å²) in [5, 5.41) is 8.20. The summed E-state index contributed by atoms with van der Waals surface area (Å²) in [5.41, 5.74) is 4.95. The van der Waals surface area contributed by atoms with Crippen LogP contribution >= 0.6 is 0 Å². The van der Waals surface area contributed by atoms with Crippen LogP contribution in [-0.2, 0) is 19.4 Å². The summed E-state index contributed by atoms with van der Waals surface area (Å²) < 4.78 is 0. The Morgan fingerprint density at radius 2 is 2.13 bits per heavy atom. The van der Waals surface area contributed by atoms with Gasteiger partial charge in [-0.25, -0.2) is 9.97 Å². The number of aromatic nitrogens is 3. The molecule has 5 heteroatoms. The predicted octanol–water partition coefficient (Wildman–Crippen LogP) is 2.57. The molecule has 23 heavy (non-hydrogen) atoms. The van der Waals surface area contributed by atoms with Gasteiger partial charge in [-0.05, 0) is 37.9 Å². The number of fused-ring (bicyclic) bond motifs is 2. The van der Waals surface area contributed by atoms with E-state index in [0.29, 0.717) is 0 Å². The Kier molecular flexibility index (Phi) is 3.71. The zero-order valence-corrected chi connectivity index (χ0v) is 13.3. The highest BCUT2D eigenvalue weighted by Crippen LogP contribution is 2.21. The number of hydrogen-bond donors (Lipinski definition) is 3. The third-order valence-corrected chi connectivity index (χ3v) is 4.41. The second kappa shape index (κ2) is 6.01. The number of hydrogen-bond acceptors (Lipinski definition) is 4. The summed E-state index contributed by atoms with van der Waals surface area (Å²) in [4.78, 5) is 12.5. The van der Waals surface area contributed by atoms with Crippen LogP contribution in [0.25, 0.3) is 10.9 Å². The first-order valence-corrected chi connectivity index (χ1v) is 8.17. The minimum Gasteiger partial charge on any atom is -0.369 e. The lowest BCUT2D eigenvalue weighted by atomic mass is 10.1. The van der Waals surface area contributed by atoms with Gasteiger partial charge in [0.1, 0.15) is 11.6 Å². The Bertz CT molecular complexity index is 837. The van der Waals surface area contributed by atoms with Crippen LogP contribution < -0.4 is 10.6 Å². The zero-order valence-electron chi connectivity index (χ0n) is 13.3. The largest absolute Gasteiger partial charge is 0.369 e. The molecule has 0 saturated heterocycles. The van der Waals surface area contributed by atoms with Crippen LogP contribution in [0.2, 0.25) is 0 Å². The Morgan fingerprint density at radius 1 is 1.22 bits per heavy atom. The SMILES string of the molecule is Cc1nc2c(c(NCCc3c[nH]c4ccccc34)n1)CCNC2. The molecular weight excluding hydrogens is 286 g/mol. The van der Waals surface area contributed by atoms with Crippen molar-refractivity contribution in [3.63, 3.8) is 0 Å². The first kappa shape index (κ1) is 14.2. The highest BCUT2D eigenvalue weighted by Gasteiger charge is 2.16. The molecular formula is C18H21N5. The average Bonchev–Trinajstić information content (AvgIpc) is 2.98. The van der Waals surface area contributed by atoms with Crippen molar-refractivity contribution in [2.45, 2.75) is 26.3 Å². The van der Waals surface area contributed by atoms with Gasteiger partial charge in [-0.3, -0.25) is 0 Å². The first-order valence-electron chi connectivity index (χ1n) is 8.17. The van der Waals surface area contributed by atoms with Crippen molar-refractivity contribution in [3.8, 4) is 0 Å². The monoisotopic (exact) mass is 307 g/mol. The summed E-state index contributed by atoms with van der Waals surface area (Å²) in [6.07, 6.45) is 4.07. The number of nitrogens with zero attached hydrogens (tertiary/aromatic N) is 2. The molecule has 118 valence electrons. The Morgan fingerprint density at radius 3 is 3.09 bits per heavy atom. The van der Waals surface area contributed by atoms with E-state index in [0.717, 1.165) is 49.8 Å². The number of rotatable bonds is 4. The smallest absolute Gasteiger partial charge is 0.133 e. The van der Waals surface area contributed by atoms with Gasteiger partial charge >= 0.3 is 0 Å². The number of aryl methyl sites for hydroxylation is 1. The van der Waals surface area contributed by atoms with Crippen molar-refractivity contribution >= 4 is 16.7 Å². The van der Waals surface area contributed by atoms with Gasteiger partial charge in [-0.1, -0.05) is 18.2 Å². The molecule has 0 amide bonds. The predicted molar refractivity (Wildman–Crippen MR) is 92.7 cm³/mol. The molecule has 1 aliphatic rings. The fourth-order valence-electron chi connectivity index (χ4n) is 3.28. The van der Waals surface area contributed by atoms with Crippen molar-refractivity contribution in [2.24, 2.45) is 0 Å². The minimum atomic E-state index is 0.835. The molecule has 1 aliphatic heterocycles. The van der Waals surface area contributed by atoms with Crippen LogP contribution in [0.15, 0.2) is 30.5 Å². The number of para-hydroxylation sites is 1. The molecule has 0 atom stereocenters. The van der Waals surface area contributed by atoms with Crippen molar-refractivity contribution in [3.05, 3.63) is 53.1 Å². The van der Waals surface area contributed by atoms with Gasteiger partial charge in [0.2, 0.25) is 0 Å². The van der Waals surface area contributed by atoms with E-state index in [-0.39, 0.29) is 0 Å². The van der Waals surface area contributed by atoms with Crippen LogP contribution in [0, 0.1) is 6.92 Å². The maximum absolute atomic E-state index is 4.61. The molecule has 3 N–H and O–H groups in total. The number of benzene rings is 1. The van der Waals surface area contributed by atoms with Gasteiger partial charge in [0, 0.05) is 35.8 Å². The lowest BCUT2D eigenvalue weighted by Crippen LogP contribution is -2.27. The van der Waals surface area contributed by atoms with E-state index in [1.165, 1.54) is 22.0 Å². The maximum atomic E-state index is 4.61. The number of H-pyrrole nitrogens is 1. The third kappa shape index (κ3) is 2.80. The fourth-order valence-corrected chi connectivity index (χ4v) is 3.28. The minimum absolute atomic E-state index is 0.835. The van der Waals surface area contributed by atoms with Crippen molar-refractivity contribution in [1.29, 1.82) is 0 Å². The van der Waals surface area contributed by atoms with E-state index >= 15 is 0 Å². The molecule has 0 aliphatic carbocycles. The van der Waals surface area contributed by atoms with Crippen LogP contribution in [0.5, 0.6) is 0 Å². The molecule has 0 saturated carbocycles. The van der Waals surface area contributed by atoms with Crippen molar-refractivity contribution in [2.75, 3.05) is 18.4 Å². The summed E-state index contributed by atoms with van der Waals surface area (Å²) in [5.74, 6) is 1.84. The Hall–Kier alpha value is -2.40. The second-order valence-corrected chi connectivity index (χ2v) is 6.01. The van der Waals surface area contributed by atoms with Crippen LogP contribution in [-0.4, -0.2) is 28.0 Å². The summed E-state index contributed by atoms with van der Waals surface area (Å²) >= 11 is 0. The molecule has 0 spiro atoms. The van der Waals surface area contributed by atoms with Gasteiger partial charge in [0.05, 0.1) is 5.69 Å². The number of aromatic amines is 1. The molecule has 0 unspecified atom stereocenters. The molecule has 3 heterocycles. The van der Waals surface area contributed by atoms with E-state index in [9.17, 15) is 0 Å². The average molecular weight is 307 g/mol. The quantitative estimate of drug-likeness (QED) is 0.693. The van der Waals surface area contributed by atoms with Crippen LogP contribution in [0.1, 0.15) is 22.6 Å². The molecule has 5 nitrogen and oxygen atoms in total. The molecule has 4 rings (SSSR count). The number of nitrogens with one attached hydrogen (secondary N) is 3. The van der Waals surface area contributed by atoms with Gasteiger partial charge in [0.25, 0.3) is 0 Å². The number of anilines is 1. The van der Waals surface area contributed by atoms with Crippen LogP contribution in [0.4, 0.5) is 5.82 Å². The van der Waals surface area contributed by atoms with Gasteiger partial charge < -0.3 is 15.6 Å². The van der Waals surface area contributed by atoms with E-state index in [1.807, 2.05) is 6.92 Å². The van der Waals surface area contributed by atoms with Crippen molar-refractivity contribution in [1.82, 2.24) is 20.3 Å². The Balaban J connectivity index is 1.50. The lowest BCUT2D eigenvalue weighted by Gasteiger charge is -2.20. The van der Waals surface area contributed by atoms with Gasteiger partial charge in [-0.2, -0.15) is 0 Å². The lowest BCUT2D eigenvalue weighted by molar-refractivity contribution is 0.621. The molecule has 0 radical (unpaired) electrons. The summed E-state index contributed by atoms with van der Waals surface area (Å²) in [7, 11) is 0. The molecule has 0 bridgehead atoms. The summed E-state index contributed by atoms with van der Waals surface area (Å²) in [6.45, 7) is 4.67. The second-order valence-electron chi connectivity index (χ2n) is 6.01. The van der Waals surface area contributed by atoms with Gasteiger partial charge in [0.15, 0.2) is 0 Å². The summed E-state index contributed by atoms with van der Waals surface area (Å²) in [6, 6.07) is 8.43. The highest BCUT2D eigenvalue weighted by atomic mass is 15.0. The van der Waals surface area contributed by atoms with Crippen LogP contribution in [0.3, 0.4) is 0 Å².